The molecule has 1 unspecified atom stereocenters. The number of allylic oxidation sites excluding steroid dienone is 4. The van der Waals surface area contributed by atoms with Crippen LogP contribution in [0.2, 0.25) is 0 Å². The molecule has 2 aromatic rings. The molecule has 22 heavy (non-hydrogen) atoms. The van der Waals surface area contributed by atoms with Crippen molar-refractivity contribution in [1.82, 2.24) is 9.97 Å². The molecule has 0 radical (unpaired) electrons. The standard InChI is InChI=1S/C19H20N2O/c1-4-7-15(13(2)3)14-9-10-16-18(12-14)22-19(21-16)17-8-5-6-11-20-17/h4-8,11,14H,1-2,9-10,12H2,3H3/b15-7+. The maximum absolute atomic E-state index is 5.97. The lowest BCUT2D eigenvalue weighted by atomic mass is 9.82. The largest absolute Gasteiger partial charge is 0.440 e. The quantitative estimate of drug-likeness (QED) is 0.777. The number of rotatable bonds is 4. The highest BCUT2D eigenvalue weighted by molar-refractivity contribution is 5.47. The Balaban J connectivity index is 1.88. The number of fused-ring (bicyclic) bond motifs is 1. The second-order valence-electron chi connectivity index (χ2n) is 5.68. The number of pyridine rings is 1. The van der Waals surface area contributed by atoms with E-state index in [-0.39, 0.29) is 0 Å². The molecule has 0 saturated carbocycles. The fourth-order valence-corrected chi connectivity index (χ4v) is 2.99. The first-order valence-electron chi connectivity index (χ1n) is 7.57. The molecule has 0 N–H and O–H groups in total. The third-order valence-corrected chi connectivity index (χ3v) is 4.05. The van der Waals surface area contributed by atoms with Crippen molar-refractivity contribution in [2.45, 2.75) is 26.2 Å². The van der Waals surface area contributed by atoms with E-state index in [9.17, 15) is 0 Å². The van der Waals surface area contributed by atoms with Crippen LogP contribution in [0.15, 0.2) is 65.3 Å². The Hall–Kier alpha value is -2.42. The maximum Gasteiger partial charge on any atom is 0.245 e. The first kappa shape index (κ1) is 14.5. The van der Waals surface area contributed by atoms with E-state index < -0.39 is 0 Å². The van der Waals surface area contributed by atoms with Crippen LogP contribution in [0.4, 0.5) is 0 Å². The summed E-state index contributed by atoms with van der Waals surface area (Å²) in [6, 6.07) is 5.76. The topological polar surface area (TPSA) is 38.9 Å². The number of hydrogen-bond acceptors (Lipinski definition) is 3. The molecule has 112 valence electrons. The number of oxazole rings is 1. The predicted octanol–water partition coefficient (Wildman–Crippen LogP) is 4.53. The van der Waals surface area contributed by atoms with Gasteiger partial charge in [-0.2, -0.15) is 0 Å². The lowest BCUT2D eigenvalue weighted by Gasteiger charge is -2.23. The van der Waals surface area contributed by atoms with Gasteiger partial charge >= 0.3 is 0 Å². The van der Waals surface area contributed by atoms with Crippen molar-refractivity contribution in [2.24, 2.45) is 5.92 Å². The second-order valence-corrected chi connectivity index (χ2v) is 5.68. The zero-order valence-electron chi connectivity index (χ0n) is 12.9. The molecule has 2 heterocycles. The van der Waals surface area contributed by atoms with Crippen molar-refractivity contribution in [1.29, 1.82) is 0 Å². The van der Waals surface area contributed by atoms with E-state index in [0.29, 0.717) is 11.8 Å². The fourth-order valence-electron chi connectivity index (χ4n) is 2.99. The maximum atomic E-state index is 5.97. The number of nitrogens with zero attached hydrogens (tertiary/aromatic N) is 2. The predicted molar refractivity (Wildman–Crippen MR) is 88.3 cm³/mol. The van der Waals surface area contributed by atoms with Gasteiger partial charge in [-0.25, -0.2) is 4.98 Å². The molecule has 0 fully saturated rings. The summed E-state index contributed by atoms with van der Waals surface area (Å²) < 4.78 is 5.97. The Morgan fingerprint density at radius 3 is 2.95 bits per heavy atom. The lowest BCUT2D eigenvalue weighted by Crippen LogP contribution is -2.16. The normalized spacial score (nSPS) is 17.9. The Morgan fingerprint density at radius 1 is 1.41 bits per heavy atom. The fraction of sp³-hybridized carbons (Fsp3) is 0.263. The highest BCUT2D eigenvalue weighted by Crippen LogP contribution is 2.34. The van der Waals surface area contributed by atoms with Crippen LogP contribution in [0.5, 0.6) is 0 Å². The molecular formula is C19H20N2O. The molecule has 0 amide bonds. The van der Waals surface area contributed by atoms with Gasteiger partial charge in [0.1, 0.15) is 11.5 Å². The van der Waals surface area contributed by atoms with Gasteiger partial charge < -0.3 is 4.42 Å². The van der Waals surface area contributed by atoms with Crippen LogP contribution in [-0.2, 0) is 12.8 Å². The van der Waals surface area contributed by atoms with Crippen molar-refractivity contribution in [3.8, 4) is 11.6 Å². The average Bonchev–Trinajstić information content (AvgIpc) is 2.96. The van der Waals surface area contributed by atoms with Gasteiger partial charge in [0.25, 0.3) is 0 Å². The van der Waals surface area contributed by atoms with Crippen LogP contribution in [0.1, 0.15) is 24.8 Å². The zero-order chi connectivity index (χ0) is 15.5. The van der Waals surface area contributed by atoms with E-state index in [0.717, 1.165) is 42.0 Å². The van der Waals surface area contributed by atoms with Crippen LogP contribution in [0.3, 0.4) is 0 Å². The van der Waals surface area contributed by atoms with Gasteiger partial charge in [0, 0.05) is 12.6 Å². The van der Waals surface area contributed by atoms with Crippen molar-refractivity contribution in [3.63, 3.8) is 0 Å². The van der Waals surface area contributed by atoms with Crippen molar-refractivity contribution in [3.05, 3.63) is 72.3 Å². The molecule has 1 atom stereocenters. The molecular weight excluding hydrogens is 272 g/mol. The highest BCUT2D eigenvalue weighted by Gasteiger charge is 2.27. The summed E-state index contributed by atoms with van der Waals surface area (Å²) in [4.78, 5) is 8.92. The molecule has 1 aliphatic carbocycles. The minimum absolute atomic E-state index is 0.424. The lowest BCUT2D eigenvalue weighted by molar-refractivity contribution is 0.433. The van der Waals surface area contributed by atoms with E-state index in [1.807, 2.05) is 31.2 Å². The smallest absolute Gasteiger partial charge is 0.245 e. The summed E-state index contributed by atoms with van der Waals surface area (Å²) in [5.41, 5.74) is 4.21. The summed E-state index contributed by atoms with van der Waals surface area (Å²) in [5, 5.41) is 0. The summed E-state index contributed by atoms with van der Waals surface area (Å²) in [6.45, 7) is 9.94. The molecule has 0 saturated heterocycles. The van der Waals surface area contributed by atoms with E-state index in [1.165, 1.54) is 5.57 Å². The molecule has 0 aliphatic heterocycles. The Morgan fingerprint density at radius 2 is 2.27 bits per heavy atom. The first-order valence-corrected chi connectivity index (χ1v) is 7.57. The average molecular weight is 292 g/mol. The molecule has 0 aromatic carbocycles. The van der Waals surface area contributed by atoms with Crippen LogP contribution >= 0.6 is 0 Å². The summed E-state index contributed by atoms with van der Waals surface area (Å²) in [7, 11) is 0. The van der Waals surface area contributed by atoms with Crippen molar-refractivity contribution >= 4 is 0 Å². The summed E-state index contributed by atoms with van der Waals surface area (Å²) in [5.74, 6) is 2.02. The van der Waals surface area contributed by atoms with E-state index in [2.05, 4.69) is 29.2 Å². The van der Waals surface area contributed by atoms with Gasteiger partial charge in [-0.15, -0.1) is 0 Å². The number of hydrogen-bond donors (Lipinski definition) is 0. The Kier molecular flexibility index (Phi) is 4.05. The molecule has 2 aromatic heterocycles. The van der Waals surface area contributed by atoms with Crippen LogP contribution in [0, 0.1) is 5.92 Å². The van der Waals surface area contributed by atoms with Gasteiger partial charge in [0.05, 0.1) is 5.69 Å². The third-order valence-electron chi connectivity index (χ3n) is 4.05. The molecule has 3 nitrogen and oxygen atoms in total. The van der Waals surface area contributed by atoms with Crippen molar-refractivity contribution in [2.75, 3.05) is 0 Å². The van der Waals surface area contributed by atoms with Crippen LogP contribution in [0.25, 0.3) is 11.6 Å². The molecule has 3 rings (SSSR count). The van der Waals surface area contributed by atoms with Gasteiger partial charge in [-0.1, -0.05) is 36.9 Å². The van der Waals surface area contributed by atoms with E-state index in [1.54, 1.807) is 6.20 Å². The second kappa shape index (κ2) is 6.14. The molecule has 0 spiro atoms. The van der Waals surface area contributed by atoms with E-state index >= 15 is 0 Å². The van der Waals surface area contributed by atoms with Crippen LogP contribution in [-0.4, -0.2) is 9.97 Å². The van der Waals surface area contributed by atoms with Crippen molar-refractivity contribution < 1.29 is 4.42 Å². The highest BCUT2D eigenvalue weighted by atomic mass is 16.4. The monoisotopic (exact) mass is 292 g/mol. The minimum Gasteiger partial charge on any atom is -0.440 e. The molecule has 0 bridgehead atoms. The number of aryl methyl sites for hydroxylation is 1. The number of aromatic nitrogens is 2. The Labute approximate surface area is 131 Å². The first-order chi connectivity index (χ1) is 10.7. The summed E-state index contributed by atoms with van der Waals surface area (Å²) >= 11 is 0. The summed E-state index contributed by atoms with van der Waals surface area (Å²) in [6.07, 6.45) is 8.51. The SMILES string of the molecule is C=C/C=C(\C(=C)C)C1CCc2nc(-c3ccccn3)oc2C1. The zero-order valence-corrected chi connectivity index (χ0v) is 12.9. The van der Waals surface area contributed by atoms with E-state index in [4.69, 9.17) is 4.42 Å². The van der Waals surface area contributed by atoms with Gasteiger partial charge in [-0.05, 0) is 43.4 Å². The van der Waals surface area contributed by atoms with Gasteiger partial charge in [0.2, 0.25) is 5.89 Å². The molecule has 1 aliphatic rings. The minimum atomic E-state index is 0.424. The third kappa shape index (κ3) is 2.80. The van der Waals surface area contributed by atoms with Gasteiger partial charge in [0.15, 0.2) is 0 Å². The Bertz CT molecular complexity index is 725. The van der Waals surface area contributed by atoms with Crippen LogP contribution < -0.4 is 0 Å². The molecule has 3 heteroatoms. The van der Waals surface area contributed by atoms with Gasteiger partial charge in [-0.3, -0.25) is 4.98 Å².